The first-order chi connectivity index (χ1) is 20.3. The third-order valence-electron chi connectivity index (χ3n) is 7.57. The van der Waals surface area contributed by atoms with Crippen molar-refractivity contribution in [2.24, 2.45) is 0 Å². The molecule has 0 amide bonds. The third-order valence-corrected chi connectivity index (χ3v) is 9.97. The van der Waals surface area contributed by atoms with E-state index in [1.54, 1.807) is 0 Å². The molecule has 6 rings (SSSR count). The van der Waals surface area contributed by atoms with E-state index in [0.29, 0.717) is 5.75 Å². The number of aliphatic carboxylic acids is 1. The number of rotatable bonds is 7. The van der Waals surface area contributed by atoms with Crippen LogP contribution >= 0.6 is 7.92 Å². The average Bonchev–Trinajstić information content (AvgIpc) is 2.95. The fraction of sp³-hybridized carbons (Fsp3) is 0.132. The molecule has 0 saturated heterocycles. The summed E-state index contributed by atoms with van der Waals surface area (Å²) in [5, 5.41) is 17.7. The lowest BCUT2D eigenvalue weighted by Crippen LogP contribution is -2.24. The zero-order valence-electron chi connectivity index (χ0n) is 24.3. The predicted molar refractivity (Wildman–Crippen MR) is 178 cm³/mol. The van der Waals surface area contributed by atoms with E-state index in [1.807, 2.05) is 24.3 Å². The minimum Gasteiger partial charge on any atom is -0.481 e. The average molecular weight is 569 g/mol. The molecule has 0 radical (unpaired) electrons. The Balaban J connectivity index is 1.77. The summed E-state index contributed by atoms with van der Waals surface area (Å²) in [6.45, 7) is 8.24. The van der Waals surface area contributed by atoms with Gasteiger partial charge in [0.05, 0.1) is 0 Å². The lowest BCUT2D eigenvalue weighted by molar-refractivity contribution is -0.139. The standard InChI is InChI=1S/C38H33O3P/c1-24-17-25(2)20-30(19-24)42(31-21-26(3)18-27(4)22-31)35-16-14-29-10-6-8-12-33(29)38(35)37-32-11-7-5-9-28(32)13-15-34(37)41-23-36(39)40/h5-22H,23H2,1-4H3,(H,39,40). The predicted octanol–water partition coefficient (Wildman–Crippen LogP) is 8.12. The SMILES string of the molecule is Cc1cc(C)cc(P(c2cc(C)cc(C)c2)c2ccc3ccccc3c2-c2c(OCC(=O)O)ccc3ccccc23)c1. The summed E-state index contributed by atoms with van der Waals surface area (Å²) in [6, 6.07) is 38.9. The molecule has 0 saturated carbocycles. The topological polar surface area (TPSA) is 46.5 Å². The summed E-state index contributed by atoms with van der Waals surface area (Å²) in [7, 11) is -0.990. The molecule has 0 unspecified atom stereocenters. The van der Waals surface area contributed by atoms with Crippen LogP contribution < -0.4 is 20.7 Å². The van der Waals surface area contributed by atoms with Gasteiger partial charge in [-0.3, -0.25) is 0 Å². The van der Waals surface area contributed by atoms with Gasteiger partial charge in [-0.25, -0.2) is 4.79 Å². The lowest BCUT2D eigenvalue weighted by atomic mass is 9.93. The Hall–Kier alpha value is -4.46. The Morgan fingerprint density at radius 3 is 1.62 bits per heavy atom. The van der Waals surface area contributed by atoms with Crippen LogP contribution in [0.2, 0.25) is 0 Å². The number of benzene rings is 6. The summed E-state index contributed by atoms with van der Waals surface area (Å²) in [5.41, 5.74) is 6.97. The first-order valence-corrected chi connectivity index (χ1v) is 15.5. The number of ether oxygens (including phenoxy) is 1. The van der Waals surface area contributed by atoms with Crippen LogP contribution in [-0.2, 0) is 4.79 Å². The van der Waals surface area contributed by atoms with Crippen LogP contribution in [0.1, 0.15) is 22.3 Å². The number of fused-ring (bicyclic) bond motifs is 2. The normalized spacial score (nSPS) is 11.4. The van der Waals surface area contributed by atoms with Crippen molar-refractivity contribution in [1.29, 1.82) is 0 Å². The Morgan fingerprint density at radius 2 is 1.10 bits per heavy atom. The number of carboxylic acid groups (broad SMARTS) is 1. The molecule has 0 heterocycles. The van der Waals surface area contributed by atoms with Crippen molar-refractivity contribution in [2.75, 3.05) is 6.61 Å². The second-order valence-corrected chi connectivity index (χ2v) is 13.2. The molecule has 6 aromatic carbocycles. The maximum absolute atomic E-state index is 11.6. The highest BCUT2D eigenvalue weighted by Crippen LogP contribution is 2.45. The van der Waals surface area contributed by atoms with Crippen molar-refractivity contribution in [3.05, 3.63) is 131 Å². The van der Waals surface area contributed by atoms with E-state index >= 15 is 0 Å². The van der Waals surface area contributed by atoms with Gasteiger partial charge in [0.1, 0.15) is 5.75 Å². The molecular weight excluding hydrogens is 535 g/mol. The van der Waals surface area contributed by atoms with Crippen LogP contribution in [0.5, 0.6) is 5.75 Å². The van der Waals surface area contributed by atoms with E-state index in [-0.39, 0.29) is 0 Å². The fourth-order valence-electron chi connectivity index (χ4n) is 6.07. The molecular formula is C38H33O3P. The molecule has 6 aromatic rings. The summed E-state index contributed by atoms with van der Waals surface area (Å²) >= 11 is 0. The van der Waals surface area contributed by atoms with Gasteiger partial charge in [0.2, 0.25) is 0 Å². The highest BCUT2D eigenvalue weighted by atomic mass is 31.1. The molecule has 0 aliphatic rings. The van der Waals surface area contributed by atoms with Gasteiger partial charge in [-0.2, -0.15) is 0 Å². The monoisotopic (exact) mass is 568 g/mol. The number of carbonyl (C=O) groups is 1. The van der Waals surface area contributed by atoms with E-state index in [2.05, 4.69) is 113 Å². The van der Waals surface area contributed by atoms with E-state index in [4.69, 9.17) is 4.74 Å². The van der Waals surface area contributed by atoms with Crippen LogP contribution in [-0.4, -0.2) is 17.7 Å². The van der Waals surface area contributed by atoms with Gasteiger partial charge in [0.15, 0.2) is 6.61 Å². The number of aryl methyl sites for hydroxylation is 4. The van der Waals surface area contributed by atoms with Crippen LogP contribution in [0.4, 0.5) is 0 Å². The van der Waals surface area contributed by atoms with Crippen molar-refractivity contribution in [2.45, 2.75) is 27.7 Å². The van der Waals surface area contributed by atoms with Crippen LogP contribution in [0.15, 0.2) is 109 Å². The zero-order valence-corrected chi connectivity index (χ0v) is 25.2. The van der Waals surface area contributed by atoms with Gasteiger partial charge in [-0.05, 0) is 79.1 Å². The van der Waals surface area contributed by atoms with Crippen molar-refractivity contribution in [3.63, 3.8) is 0 Å². The molecule has 0 fully saturated rings. The summed E-state index contributed by atoms with van der Waals surface area (Å²) in [6.07, 6.45) is 0. The maximum atomic E-state index is 11.6. The zero-order chi connectivity index (χ0) is 29.4. The lowest BCUT2D eigenvalue weighted by Gasteiger charge is -2.26. The molecule has 0 atom stereocenters. The molecule has 42 heavy (non-hydrogen) atoms. The van der Waals surface area contributed by atoms with E-state index < -0.39 is 20.5 Å². The van der Waals surface area contributed by atoms with Gasteiger partial charge in [-0.1, -0.05) is 125 Å². The molecule has 0 spiro atoms. The quantitative estimate of drug-likeness (QED) is 0.198. The van der Waals surface area contributed by atoms with Crippen molar-refractivity contribution < 1.29 is 14.6 Å². The third kappa shape index (κ3) is 5.41. The molecule has 0 aromatic heterocycles. The number of carboxylic acids is 1. The van der Waals surface area contributed by atoms with Crippen molar-refractivity contribution >= 4 is 51.3 Å². The van der Waals surface area contributed by atoms with Gasteiger partial charge < -0.3 is 9.84 Å². The minimum atomic E-state index is -1.00. The summed E-state index contributed by atoms with van der Waals surface area (Å²) in [5.74, 6) is -0.426. The number of hydrogen-bond donors (Lipinski definition) is 1. The Labute approximate surface area is 248 Å². The van der Waals surface area contributed by atoms with Gasteiger partial charge >= 0.3 is 5.97 Å². The Kier molecular flexibility index (Phi) is 7.54. The number of hydrogen-bond acceptors (Lipinski definition) is 2. The second-order valence-electron chi connectivity index (χ2n) is 11.1. The smallest absolute Gasteiger partial charge is 0.341 e. The minimum absolute atomic E-state index is 0.408. The van der Waals surface area contributed by atoms with Gasteiger partial charge in [0.25, 0.3) is 0 Å². The van der Waals surface area contributed by atoms with Crippen molar-refractivity contribution in [1.82, 2.24) is 0 Å². The molecule has 1 N–H and O–H groups in total. The van der Waals surface area contributed by atoms with Crippen LogP contribution in [0.3, 0.4) is 0 Å². The summed E-state index contributed by atoms with van der Waals surface area (Å²) < 4.78 is 6.04. The fourth-order valence-corrected chi connectivity index (χ4v) is 8.93. The molecule has 3 nitrogen and oxygen atoms in total. The molecule has 0 aliphatic carbocycles. The highest BCUT2D eigenvalue weighted by molar-refractivity contribution is 7.80. The largest absolute Gasteiger partial charge is 0.481 e. The molecule has 0 aliphatic heterocycles. The molecule has 208 valence electrons. The van der Waals surface area contributed by atoms with Crippen molar-refractivity contribution in [3.8, 4) is 16.9 Å². The molecule has 4 heteroatoms. The summed E-state index contributed by atoms with van der Waals surface area (Å²) in [4.78, 5) is 11.6. The first kappa shape index (κ1) is 27.7. The van der Waals surface area contributed by atoms with E-state index in [9.17, 15) is 9.90 Å². The van der Waals surface area contributed by atoms with Gasteiger partial charge in [0, 0.05) is 11.1 Å². The van der Waals surface area contributed by atoms with Crippen LogP contribution in [0, 0.1) is 27.7 Å². The maximum Gasteiger partial charge on any atom is 0.341 e. The first-order valence-electron chi connectivity index (χ1n) is 14.1. The second kappa shape index (κ2) is 11.4. The highest BCUT2D eigenvalue weighted by Gasteiger charge is 2.26. The van der Waals surface area contributed by atoms with Gasteiger partial charge in [-0.15, -0.1) is 0 Å². The van der Waals surface area contributed by atoms with E-state index in [0.717, 1.165) is 32.7 Å². The van der Waals surface area contributed by atoms with E-state index in [1.165, 1.54) is 38.2 Å². The Morgan fingerprint density at radius 1 is 0.619 bits per heavy atom. The molecule has 0 bridgehead atoms. The Bertz CT molecular complexity index is 1880. The van der Waals surface area contributed by atoms with Crippen LogP contribution in [0.25, 0.3) is 32.7 Å².